The molecule has 3 fully saturated rings. The second kappa shape index (κ2) is 5.80. The largest absolute Gasteiger partial charge is 0.446 e. The lowest BCUT2D eigenvalue weighted by molar-refractivity contribution is 0.0184. The molecule has 1 unspecified atom stereocenters. The Balaban J connectivity index is 1.66. The first-order chi connectivity index (χ1) is 10.5. The lowest BCUT2D eigenvalue weighted by Gasteiger charge is -2.33. The number of rotatable bonds is 2. The summed E-state index contributed by atoms with van der Waals surface area (Å²) in [6.07, 6.45) is 7.11. The Bertz CT molecular complexity index is 441. The molecule has 1 amide bonds. The van der Waals surface area contributed by atoms with Crippen molar-refractivity contribution in [2.24, 2.45) is 10.5 Å². The summed E-state index contributed by atoms with van der Waals surface area (Å²) in [4.78, 5) is 16.6. The van der Waals surface area contributed by atoms with E-state index in [1.54, 1.807) is 4.90 Å². The number of nitrogens with zero attached hydrogens (tertiary/aromatic N) is 3. The van der Waals surface area contributed by atoms with E-state index >= 15 is 0 Å². The van der Waals surface area contributed by atoms with Crippen molar-refractivity contribution in [1.82, 2.24) is 9.80 Å². The summed E-state index contributed by atoms with van der Waals surface area (Å²) < 4.78 is 5.74. The van der Waals surface area contributed by atoms with E-state index in [0.717, 1.165) is 45.2 Å². The molecule has 6 heteroatoms. The van der Waals surface area contributed by atoms with Gasteiger partial charge in [0.25, 0.3) is 0 Å². The SMILES string of the molecule is CN1CCC(OC(=O)N2CC3(CCCC3)CC2(C)N=N)CC1. The van der Waals surface area contributed by atoms with Crippen LogP contribution < -0.4 is 0 Å². The second-order valence-corrected chi connectivity index (χ2v) is 7.69. The van der Waals surface area contributed by atoms with Crippen LogP contribution in [-0.2, 0) is 4.74 Å². The van der Waals surface area contributed by atoms with Gasteiger partial charge in [0.05, 0.1) is 0 Å². The van der Waals surface area contributed by atoms with Crippen LogP contribution in [0.4, 0.5) is 4.79 Å². The Morgan fingerprint density at radius 2 is 1.91 bits per heavy atom. The molecule has 0 bridgehead atoms. The van der Waals surface area contributed by atoms with Crippen molar-refractivity contribution in [3.63, 3.8) is 0 Å². The lowest BCUT2D eigenvalue weighted by Crippen LogP contribution is -2.46. The monoisotopic (exact) mass is 308 g/mol. The van der Waals surface area contributed by atoms with Crippen LogP contribution in [0.5, 0.6) is 0 Å². The average Bonchev–Trinajstić information content (AvgIpc) is 3.07. The molecule has 1 spiro atoms. The van der Waals surface area contributed by atoms with Crippen LogP contribution in [0.15, 0.2) is 5.11 Å². The van der Waals surface area contributed by atoms with Crippen molar-refractivity contribution in [2.75, 3.05) is 26.7 Å². The number of likely N-dealkylation sites (tertiary alicyclic amines) is 2. The summed E-state index contributed by atoms with van der Waals surface area (Å²) in [5.41, 5.74) is 7.04. The summed E-state index contributed by atoms with van der Waals surface area (Å²) >= 11 is 0. The number of nitrogens with one attached hydrogen (secondary N) is 1. The molecule has 0 aromatic heterocycles. The zero-order valence-corrected chi connectivity index (χ0v) is 13.8. The zero-order valence-electron chi connectivity index (χ0n) is 13.8. The predicted octanol–water partition coefficient (Wildman–Crippen LogP) is 3.23. The molecule has 2 saturated heterocycles. The third-order valence-corrected chi connectivity index (χ3v) is 5.84. The van der Waals surface area contributed by atoms with Crippen molar-refractivity contribution in [2.45, 2.75) is 63.6 Å². The van der Waals surface area contributed by atoms with E-state index in [4.69, 9.17) is 10.3 Å². The van der Waals surface area contributed by atoms with E-state index in [0.29, 0.717) is 6.54 Å². The maximum absolute atomic E-state index is 12.7. The van der Waals surface area contributed by atoms with E-state index in [1.807, 2.05) is 6.92 Å². The maximum Gasteiger partial charge on any atom is 0.412 e. The van der Waals surface area contributed by atoms with Crippen LogP contribution in [0.2, 0.25) is 0 Å². The third-order valence-electron chi connectivity index (χ3n) is 5.84. The Hall–Kier alpha value is -1.17. The van der Waals surface area contributed by atoms with Crippen LogP contribution in [0.25, 0.3) is 0 Å². The lowest BCUT2D eigenvalue weighted by atomic mass is 9.83. The van der Waals surface area contributed by atoms with Gasteiger partial charge in [0, 0.05) is 26.1 Å². The fraction of sp³-hybridized carbons (Fsp3) is 0.938. The quantitative estimate of drug-likeness (QED) is 0.796. The van der Waals surface area contributed by atoms with E-state index in [9.17, 15) is 4.79 Å². The first kappa shape index (κ1) is 15.7. The molecule has 1 saturated carbocycles. The van der Waals surface area contributed by atoms with Gasteiger partial charge in [-0.25, -0.2) is 10.3 Å². The number of hydrogen-bond acceptors (Lipinski definition) is 5. The minimum absolute atomic E-state index is 0.0128. The average molecular weight is 308 g/mol. The summed E-state index contributed by atoms with van der Waals surface area (Å²) in [7, 11) is 2.10. The van der Waals surface area contributed by atoms with Crippen LogP contribution in [0, 0.1) is 10.9 Å². The Morgan fingerprint density at radius 3 is 2.50 bits per heavy atom. The molecule has 1 aliphatic carbocycles. The highest BCUT2D eigenvalue weighted by Gasteiger charge is 2.54. The minimum Gasteiger partial charge on any atom is -0.446 e. The van der Waals surface area contributed by atoms with Gasteiger partial charge in [-0.3, -0.25) is 4.90 Å². The third kappa shape index (κ3) is 2.85. The normalized spacial score (nSPS) is 32.5. The van der Waals surface area contributed by atoms with Gasteiger partial charge in [-0.1, -0.05) is 12.8 Å². The van der Waals surface area contributed by atoms with Crippen molar-refractivity contribution < 1.29 is 9.53 Å². The van der Waals surface area contributed by atoms with Crippen LogP contribution >= 0.6 is 0 Å². The Morgan fingerprint density at radius 1 is 1.27 bits per heavy atom. The number of hydrogen-bond donors (Lipinski definition) is 1. The Kier molecular flexibility index (Phi) is 4.14. The molecule has 3 aliphatic rings. The predicted molar refractivity (Wildman–Crippen MR) is 82.8 cm³/mol. The molecule has 2 aliphatic heterocycles. The maximum atomic E-state index is 12.7. The molecular formula is C16H28N4O2. The molecular weight excluding hydrogens is 280 g/mol. The zero-order chi connectivity index (χ0) is 15.8. The highest BCUT2D eigenvalue weighted by molar-refractivity contribution is 5.69. The molecule has 1 N–H and O–H groups in total. The molecule has 3 rings (SSSR count). The van der Waals surface area contributed by atoms with Gasteiger partial charge in [-0.2, -0.15) is 5.11 Å². The summed E-state index contributed by atoms with van der Waals surface area (Å²) in [6, 6.07) is 0. The fourth-order valence-corrected chi connectivity index (χ4v) is 4.50. The van der Waals surface area contributed by atoms with Crippen molar-refractivity contribution in [3.8, 4) is 0 Å². The second-order valence-electron chi connectivity index (χ2n) is 7.69. The first-order valence-electron chi connectivity index (χ1n) is 8.52. The summed E-state index contributed by atoms with van der Waals surface area (Å²) in [5, 5.41) is 3.81. The number of carbonyl (C=O) groups is 1. The molecule has 1 atom stereocenters. The number of carbonyl (C=O) groups excluding carboxylic acids is 1. The van der Waals surface area contributed by atoms with Gasteiger partial charge < -0.3 is 9.64 Å². The van der Waals surface area contributed by atoms with Crippen LogP contribution in [-0.4, -0.2) is 54.3 Å². The molecule has 0 aromatic rings. The standard InChI is InChI=1S/C16H28N4O2/c1-15(18-17)11-16(7-3-4-8-16)12-20(15)14(21)22-13-5-9-19(2)10-6-13/h13,17H,3-12H2,1-2H3. The smallest absolute Gasteiger partial charge is 0.412 e. The topological polar surface area (TPSA) is 69.0 Å². The highest BCUT2D eigenvalue weighted by Crippen LogP contribution is 2.52. The van der Waals surface area contributed by atoms with E-state index in [-0.39, 0.29) is 17.6 Å². The molecule has 22 heavy (non-hydrogen) atoms. The Labute approximate surface area is 132 Å². The van der Waals surface area contributed by atoms with E-state index < -0.39 is 5.66 Å². The van der Waals surface area contributed by atoms with Crippen molar-refractivity contribution >= 4 is 6.09 Å². The molecule has 6 nitrogen and oxygen atoms in total. The van der Waals surface area contributed by atoms with Gasteiger partial charge in [0.15, 0.2) is 5.66 Å². The summed E-state index contributed by atoms with van der Waals surface area (Å²) in [5.74, 6) is 0. The highest BCUT2D eigenvalue weighted by atomic mass is 16.6. The van der Waals surface area contributed by atoms with Crippen molar-refractivity contribution in [1.29, 1.82) is 5.53 Å². The van der Waals surface area contributed by atoms with Crippen LogP contribution in [0.3, 0.4) is 0 Å². The van der Waals surface area contributed by atoms with E-state index in [2.05, 4.69) is 17.1 Å². The first-order valence-corrected chi connectivity index (χ1v) is 8.52. The molecule has 0 radical (unpaired) electrons. The van der Waals surface area contributed by atoms with Gasteiger partial charge in [-0.05, 0) is 45.1 Å². The minimum atomic E-state index is -0.715. The summed E-state index contributed by atoms with van der Waals surface area (Å²) in [6.45, 7) is 4.56. The van der Waals surface area contributed by atoms with Gasteiger partial charge in [-0.15, -0.1) is 0 Å². The number of ether oxygens (including phenoxy) is 1. The van der Waals surface area contributed by atoms with Gasteiger partial charge in [0.2, 0.25) is 0 Å². The van der Waals surface area contributed by atoms with Gasteiger partial charge >= 0.3 is 6.09 Å². The molecule has 124 valence electrons. The van der Waals surface area contributed by atoms with E-state index in [1.165, 1.54) is 12.8 Å². The number of amides is 1. The molecule has 2 heterocycles. The van der Waals surface area contributed by atoms with Gasteiger partial charge in [0.1, 0.15) is 6.10 Å². The molecule has 0 aromatic carbocycles. The van der Waals surface area contributed by atoms with Crippen LogP contribution in [0.1, 0.15) is 51.9 Å². The number of piperidine rings is 1. The van der Waals surface area contributed by atoms with Crippen molar-refractivity contribution in [3.05, 3.63) is 0 Å². The fourth-order valence-electron chi connectivity index (χ4n) is 4.50.